The maximum Gasteiger partial charge on any atom is 0.416 e. The lowest BCUT2D eigenvalue weighted by molar-refractivity contribution is -0.137. The number of phenolic OH excluding ortho intramolecular Hbond substituents is 2. The van der Waals surface area contributed by atoms with Crippen molar-refractivity contribution >= 4 is 28.3 Å². The van der Waals surface area contributed by atoms with E-state index < -0.39 is 36.0 Å². The highest BCUT2D eigenvalue weighted by atomic mass is 19.4. The van der Waals surface area contributed by atoms with Crippen molar-refractivity contribution < 1.29 is 37.7 Å². The lowest BCUT2D eigenvalue weighted by Crippen LogP contribution is -2.21. The highest BCUT2D eigenvalue weighted by Gasteiger charge is 2.30. The first kappa shape index (κ1) is 20.0. The quantitative estimate of drug-likeness (QED) is 0.449. The second kappa shape index (κ2) is 7.70. The van der Waals surface area contributed by atoms with E-state index in [1.165, 1.54) is 6.07 Å². The van der Waals surface area contributed by atoms with Gasteiger partial charge in [-0.2, -0.15) is 13.2 Å². The van der Waals surface area contributed by atoms with Crippen LogP contribution in [0.5, 0.6) is 11.5 Å². The van der Waals surface area contributed by atoms with Gasteiger partial charge >= 0.3 is 12.1 Å². The Bertz CT molecular complexity index is 1080. The van der Waals surface area contributed by atoms with Crippen molar-refractivity contribution in [2.24, 2.45) is 0 Å². The van der Waals surface area contributed by atoms with E-state index >= 15 is 0 Å². The van der Waals surface area contributed by atoms with Crippen molar-refractivity contribution in [1.29, 1.82) is 0 Å². The number of halogens is 3. The molecule has 0 bridgehead atoms. The van der Waals surface area contributed by atoms with Gasteiger partial charge in [-0.3, -0.25) is 4.79 Å². The van der Waals surface area contributed by atoms with E-state index in [1.807, 2.05) is 0 Å². The molecular formula is C20H14F3NO5. The van der Waals surface area contributed by atoms with Gasteiger partial charge in [0.05, 0.1) is 5.56 Å². The van der Waals surface area contributed by atoms with Crippen molar-refractivity contribution in [1.82, 2.24) is 0 Å². The lowest BCUT2D eigenvalue weighted by atomic mass is 10.0. The van der Waals surface area contributed by atoms with Crippen molar-refractivity contribution in [2.75, 3.05) is 11.9 Å². The van der Waals surface area contributed by atoms with Gasteiger partial charge in [0.2, 0.25) is 0 Å². The van der Waals surface area contributed by atoms with Gasteiger partial charge in [-0.05, 0) is 30.3 Å². The van der Waals surface area contributed by atoms with E-state index in [2.05, 4.69) is 5.32 Å². The molecule has 3 aromatic carbocycles. The van der Waals surface area contributed by atoms with Crippen molar-refractivity contribution in [3.05, 3.63) is 65.7 Å². The number of hydrogen-bond donors (Lipinski definition) is 3. The number of rotatable bonds is 4. The standard InChI is InChI=1S/C20H14F3NO5/c21-20(22,23)11-5-7-12(8-6-11)24-17(26)10-29-19(28)15-9-16(25)13-3-1-2-4-14(13)18(15)27/h1-9,25,27H,10H2,(H,24,26). The molecule has 0 aliphatic rings. The number of alkyl halides is 3. The molecule has 0 fully saturated rings. The van der Waals surface area contributed by atoms with Crippen molar-refractivity contribution in [3.8, 4) is 11.5 Å². The molecular weight excluding hydrogens is 391 g/mol. The third-order valence-electron chi connectivity index (χ3n) is 4.04. The average Bonchev–Trinajstić information content (AvgIpc) is 2.68. The average molecular weight is 405 g/mol. The van der Waals surface area contributed by atoms with E-state index in [0.717, 1.165) is 30.3 Å². The summed E-state index contributed by atoms with van der Waals surface area (Å²) >= 11 is 0. The zero-order valence-corrected chi connectivity index (χ0v) is 14.7. The van der Waals surface area contributed by atoms with Gasteiger partial charge in [0.1, 0.15) is 17.1 Å². The Labute approximate surface area is 162 Å². The molecule has 3 aromatic rings. The molecule has 1 amide bonds. The molecule has 0 saturated heterocycles. The van der Waals surface area contributed by atoms with Gasteiger partial charge in [-0.1, -0.05) is 24.3 Å². The van der Waals surface area contributed by atoms with Crippen LogP contribution in [0.2, 0.25) is 0 Å². The molecule has 0 radical (unpaired) electrons. The summed E-state index contributed by atoms with van der Waals surface area (Å²) in [4.78, 5) is 24.0. The van der Waals surface area contributed by atoms with E-state index in [0.29, 0.717) is 5.39 Å². The smallest absolute Gasteiger partial charge is 0.416 e. The summed E-state index contributed by atoms with van der Waals surface area (Å²) in [5.74, 6) is -2.50. The van der Waals surface area contributed by atoms with E-state index in [1.54, 1.807) is 18.2 Å². The summed E-state index contributed by atoms with van der Waals surface area (Å²) in [5, 5.41) is 23.1. The predicted molar refractivity (Wildman–Crippen MR) is 97.6 cm³/mol. The van der Waals surface area contributed by atoms with Gasteiger partial charge in [-0.15, -0.1) is 0 Å². The number of nitrogens with one attached hydrogen (secondary N) is 1. The van der Waals surface area contributed by atoms with Crippen molar-refractivity contribution in [2.45, 2.75) is 6.18 Å². The molecule has 0 saturated carbocycles. The highest BCUT2D eigenvalue weighted by Crippen LogP contribution is 2.35. The number of amides is 1. The number of aromatic hydroxyl groups is 2. The molecule has 0 spiro atoms. The highest BCUT2D eigenvalue weighted by molar-refractivity contribution is 6.04. The van der Waals surface area contributed by atoms with Gasteiger partial charge in [0.25, 0.3) is 5.91 Å². The fourth-order valence-corrected chi connectivity index (χ4v) is 2.64. The van der Waals surface area contributed by atoms with Crippen LogP contribution in [-0.2, 0) is 15.7 Å². The molecule has 0 heterocycles. The Morgan fingerprint density at radius 1 is 0.966 bits per heavy atom. The minimum Gasteiger partial charge on any atom is -0.507 e. The van der Waals surface area contributed by atoms with Crippen LogP contribution in [0.4, 0.5) is 18.9 Å². The molecule has 0 aromatic heterocycles. The number of phenols is 2. The Kier molecular flexibility index (Phi) is 5.31. The zero-order valence-electron chi connectivity index (χ0n) is 14.7. The molecule has 3 rings (SSSR count). The van der Waals surface area contributed by atoms with Gasteiger partial charge < -0.3 is 20.3 Å². The van der Waals surface area contributed by atoms with Crippen LogP contribution in [0.3, 0.4) is 0 Å². The molecule has 6 nitrogen and oxygen atoms in total. The fraction of sp³-hybridized carbons (Fsp3) is 0.100. The first-order chi connectivity index (χ1) is 13.7. The fourth-order valence-electron chi connectivity index (χ4n) is 2.64. The number of esters is 1. The molecule has 0 atom stereocenters. The summed E-state index contributed by atoms with van der Waals surface area (Å²) in [5.41, 5.74) is -1.11. The summed E-state index contributed by atoms with van der Waals surface area (Å²) in [6.07, 6.45) is -4.49. The molecule has 150 valence electrons. The summed E-state index contributed by atoms with van der Waals surface area (Å²) in [6.45, 7) is -0.743. The first-order valence-corrected chi connectivity index (χ1v) is 8.24. The van der Waals surface area contributed by atoms with Gasteiger partial charge in [0, 0.05) is 16.5 Å². The maximum absolute atomic E-state index is 12.5. The largest absolute Gasteiger partial charge is 0.507 e. The summed E-state index contributed by atoms with van der Waals surface area (Å²) in [6, 6.07) is 11.1. The molecule has 0 aliphatic heterocycles. The molecule has 29 heavy (non-hydrogen) atoms. The number of anilines is 1. The second-order valence-corrected chi connectivity index (χ2v) is 6.04. The van der Waals surface area contributed by atoms with Crippen LogP contribution in [0, 0.1) is 0 Å². The minimum absolute atomic E-state index is 0.0882. The van der Waals surface area contributed by atoms with Crippen LogP contribution in [0.1, 0.15) is 15.9 Å². The van der Waals surface area contributed by atoms with Crippen LogP contribution in [0.15, 0.2) is 54.6 Å². The Hall–Kier alpha value is -3.75. The topological polar surface area (TPSA) is 95.9 Å². The number of carbonyl (C=O) groups excluding carboxylic acids is 2. The van der Waals surface area contributed by atoms with E-state index in [4.69, 9.17) is 4.74 Å². The number of ether oxygens (including phenoxy) is 1. The Balaban J connectivity index is 1.66. The molecule has 0 aliphatic carbocycles. The molecule has 3 N–H and O–H groups in total. The van der Waals surface area contributed by atoms with Gasteiger partial charge in [0.15, 0.2) is 6.61 Å². The van der Waals surface area contributed by atoms with E-state index in [-0.39, 0.29) is 22.4 Å². The van der Waals surface area contributed by atoms with Crippen molar-refractivity contribution in [3.63, 3.8) is 0 Å². The SMILES string of the molecule is O=C(COC(=O)c1cc(O)c2ccccc2c1O)Nc1ccc(C(F)(F)F)cc1. The number of benzene rings is 3. The Morgan fingerprint density at radius 3 is 2.21 bits per heavy atom. The van der Waals surface area contributed by atoms with Crippen LogP contribution in [-0.4, -0.2) is 28.7 Å². The molecule has 9 heteroatoms. The normalized spacial score (nSPS) is 11.3. The number of carbonyl (C=O) groups is 2. The minimum atomic E-state index is -4.49. The third kappa shape index (κ3) is 4.40. The zero-order chi connectivity index (χ0) is 21.2. The van der Waals surface area contributed by atoms with Crippen LogP contribution < -0.4 is 5.32 Å². The predicted octanol–water partition coefficient (Wildman–Crippen LogP) is 4.07. The first-order valence-electron chi connectivity index (χ1n) is 8.24. The van der Waals surface area contributed by atoms with E-state index in [9.17, 15) is 33.0 Å². The number of fused-ring (bicyclic) bond motifs is 1. The third-order valence-corrected chi connectivity index (χ3v) is 4.04. The maximum atomic E-state index is 12.5. The monoisotopic (exact) mass is 405 g/mol. The van der Waals surface area contributed by atoms with Crippen LogP contribution in [0.25, 0.3) is 10.8 Å². The summed E-state index contributed by atoms with van der Waals surface area (Å²) < 4.78 is 42.4. The second-order valence-electron chi connectivity index (χ2n) is 6.04. The van der Waals surface area contributed by atoms with Gasteiger partial charge in [-0.25, -0.2) is 4.79 Å². The number of hydrogen-bond acceptors (Lipinski definition) is 5. The van der Waals surface area contributed by atoms with Crippen LogP contribution >= 0.6 is 0 Å². The Morgan fingerprint density at radius 2 is 1.59 bits per heavy atom. The molecule has 0 unspecified atom stereocenters. The summed E-state index contributed by atoms with van der Waals surface area (Å²) in [7, 11) is 0. The lowest BCUT2D eigenvalue weighted by Gasteiger charge is -2.11.